The molecule has 0 saturated carbocycles. The molecule has 0 fully saturated rings. The van der Waals surface area contributed by atoms with Gasteiger partial charge in [0.2, 0.25) is 5.91 Å². The summed E-state index contributed by atoms with van der Waals surface area (Å²) in [7, 11) is 0. The van der Waals surface area contributed by atoms with Gasteiger partial charge in [-0.1, -0.05) is 29.8 Å². The minimum atomic E-state index is -0.414. The van der Waals surface area contributed by atoms with Crippen LogP contribution >= 0.6 is 22.9 Å². The largest absolute Gasteiger partial charge is 0.320 e. The van der Waals surface area contributed by atoms with E-state index >= 15 is 0 Å². The van der Waals surface area contributed by atoms with Crippen LogP contribution in [0.3, 0.4) is 0 Å². The summed E-state index contributed by atoms with van der Waals surface area (Å²) >= 11 is 7.73. The molecule has 1 aromatic carbocycles. The molecule has 3 heterocycles. The number of aromatic amines is 1. The lowest BCUT2D eigenvalue weighted by Crippen LogP contribution is -2.23. The smallest absolute Gasteiger partial charge is 0.266 e. The molecule has 0 bridgehead atoms. The average molecular weight is 370 g/mol. The third-order valence-electron chi connectivity index (χ3n) is 4.51. The molecule has 0 spiro atoms. The molecule has 0 radical (unpaired) electrons. The van der Waals surface area contributed by atoms with E-state index in [4.69, 9.17) is 11.6 Å². The summed E-state index contributed by atoms with van der Waals surface area (Å²) < 4.78 is 0.806. The van der Waals surface area contributed by atoms with E-state index in [0.29, 0.717) is 21.1 Å². The minimum absolute atomic E-state index is 0.0931. The first kappa shape index (κ1) is 15.9. The fourth-order valence-corrected chi connectivity index (χ4v) is 4.85. The predicted molar refractivity (Wildman–Crippen MR) is 98.4 cm³/mol. The molecule has 4 rings (SSSR count). The molecule has 5 nitrogen and oxygen atoms in total. The number of nitrogens with zero attached hydrogens (tertiary/aromatic N) is 1. The van der Waals surface area contributed by atoms with Crippen molar-refractivity contribution in [2.45, 2.75) is 19.3 Å². The van der Waals surface area contributed by atoms with Crippen molar-refractivity contribution in [1.29, 1.82) is 5.26 Å². The monoisotopic (exact) mass is 369 g/mol. The highest BCUT2D eigenvalue weighted by molar-refractivity contribution is 7.23. The first-order valence-corrected chi connectivity index (χ1v) is 8.84. The number of carbonyl (C=O) groups excluding carboxylic acids is 1. The molecule has 2 aromatic heterocycles. The van der Waals surface area contributed by atoms with Gasteiger partial charge in [0.15, 0.2) is 0 Å². The molecule has 0 saturated heterocycles. The Morgan fingerprint density at radius 1 is 1.32 bits per heavy atom. The number of pyridine rings is 1. The number of hydrogen-bond donors (Lipinski definition) is 2. The van der Waals surface area contributed by atoms with E-state index in [0.717, 1.165) is 15.8 Å². The van der Waals surface area contributed by atoms with Gasteiger partial charge < -0.3 is 10.3 Å². The van der Waals surface area contributed by atoms with Crippen LogP contribution in [0.5, 0.6) is 0 Å². The van der Waals surface area contributed by atoms with Crippen LogP contribution in [0.1, 0.15) is 34.6 Å². The van der Waals surface area contributed by atoms with E-state index in [-0.39, 0.29) is 23.8 Å². The van der Waals surface area contributed by atoms with Crippen LogP contribution in [0.4, 0.5) is 5.00 Å². The van der Waals surface area contributed by atoms with E-state index in [9.17, 15) is 14.9 Å². The number of halogens is 1. The Morgan fingerprint density at radius 2 is 2.08 bits per heavy atom. The highest BCUT2D eigenvalue weighted by Gasteiger charge is 2.32. The van der Waals surface area contributed by atoms with Crippen LogP contribution in [0.2, 0.25) is 5.02 Å². The number of thiophene rings is 1. The quantitative estimate of drug-likeness (QED) is 0.682. The maximum absolute atomic E-state index is 12.3. The van der Waals surface area contributed by atoms with Crippen molar-refractivity contribution in [1.82, 2.24) is 4.98 Å². The third-order valence-corrected chi connectivity index (χ3v) is 6.09. The minimum Gasteiger partial charge on any atom is -0.320 e. The topological polar surface area (TPSA) is 85.8 Å². The van der Waals surface area contributed by atoms with Gasteiger partial charge in [0.1, 0.15) is 16.6 Å². The lowest BCUT2D eigenvalue weighted by Gasteiger charge is -2.24. The summed E-state index contributed by atoms with van der Waals surface area (Å²) in [5.74, 6) is -0.335. The van der Waals surface area contributed by atoms with E-state index in [1.807, 2.05) is 24.3 Å². The molecule has 1 unspecified atom stereocenters. The van der Waals surface area contributed by atoms with Gasteiger partial charge in [-0.15, -0.1) is 11.3 Å². The molecule has 7 heteroatoms. The molecule has 1 aliphatic rings. The van der Waals surface area contributed by atoms with E-state index in [1.165, 1.54) is 11.3 Å². The Balaban J connectivity index is 2.06. The normalized spacial score (nSPS) is 16.4. The van der Waals surface area contributed by atoms with Crippen LogP contribution < -0.4 is 10.9 Å². The summed E-state index contributed by atoms with van der Waals surface area (Å²) in [6, 6.07) is 9.36. The number of hydrogen-bond acceptors (Lipinski definition) is 4. The zero-order valence-corrected chi connectivity index (χ0v) is 14.7. The maximum atomic E-state index is 12.3. The molecular formula is C18H12ClN3O2S. The van der Waals surface area contributed by atoms with Gasteiger partial charge in [-0.2, -0.15) is 5.26 Å². The SMILES string of the molecule is Cc1c(C#N)c(=O)[nH]c2c3c(sc12)NC(=O)CC3c1ccccc1Cl. The average Bonchev–Trinajstić information content (AvgIpc) is 2.93. The summed E-state index contributed by atoms with van der Waals surface area (Å²) in [6.07, 6.45) is 0.254. The zero-order valence-electron chi connectivity index (χ0n) is 13.1. The fraction of sp³-hybridized carbons (Fsp3) is 0.167. The number of carbonyl (C=O) groups is 1. The van der Waals surface area contributed by atoms with Crippen LogP contribution in [-0.2, 0) is 4.79 Å². The number of rotatable bonds is 1. The lowest BCUT2D eigenvalue weighted by atomic mass is 9.86. The fourth-order valence-electron chi connectivity index (χ4n) is 3.34. The van der Waals surface area contributed by atoms with Gasteiger partial charge in [0.05, 0.1) is 10.2 Å². The van der Waals surface area contributed by atoms with E-state index < -0.39 is 5.56 Å². The van der Waals surface area contributed by atoms with Gasteiger partial charge in [-0.05, 0) is 24.1 Å². The molecule has 25 heavy (non-hydrogen) atoms. The Kier molecular flexibility index (Phi) is 3.64. The Hall–Kier alpha value is -2.62. The molecule has 1 amide bonds. The van der Waals surface area contributed by atoms with Crippen molar-refractivity contribution in [3.8, 4) is 6.07 Å². The second kappa shape index (κ2) is 5.73. The first-order chi connectivity index (χ1) is 12.0. The molecule has 1 aliphatic heterocycles. The van der Waals surface area contributed by atoms with Crippen molar-refractivity contribution in [3.63, 3.8) is 0 Å². The van der Waals surface area contributed by atoms with Crippen LogP contribution in [-0.4, -0.2) is 10.9 Å². The molecule has 2 N–H and O–H groups in total. The number of fused-ring (bicyclic) bond motifs is 3. The second-order valence-electron chi connectivity index (χ2n) is 5.94. The number of nitriles is 1. The van der Waals surface area contributed by atoms with E-state index in [2.05, 4.69) is 10.3 Å². The highest BCUT2D eigenvalue weighted by Crippen LogP contribution is 2.47. The number of H-pyrrole nitrogens is 1. The third kappa shape index (κ3) is 2.36. The van der Waals surface area contributed by atoms with Crippen LogP contribution in [0.15, 0.2) is 29.1 Å². The maximum Gasteiger partial charge on any atom is 0.266 e. The summed E-state index contributed by atoms with van der Waals surface area (Å²) in [6.45, 7) is 1.75. The first-order valence-electron chi connectivity index (χ1n) is 7.65. The number of amides is 1. The second-order valence-corrected chi connectivity index (χ2v) is 7.37. The summed E-state index contributed by atoms with van der Waals surface area (Å²) in [4.78, 5) is 27.3. The van der Waals surface area contributed by atoms with Gasteiger partial charge in [0.25, 0.3) is 5.56 Å². The van der Waals surface area contributed by atoms with Crippen molar-refractivity contribution >= 4 is 44.1 Å². The lowest BCUT2D eigenvalue weighted by molar-refractivity contribution is -0.116. The molecule has 1 atom stereocenters. The Bertz CT molecular complexity index is 1140. The van der Waals surface area contributed by atoms with Gasteiger partial charge in [-0.3, -0.25) is 9.59 Å². The van der Waals surface area contributed by atoms with Crippen molar-refractivity contribution in [3.05, 3.63) is 61.9 Å². The van der Waals surface area contributed by atoms with Crippen molar-refractivity contribution in [2.75, 3.05) is 5.32 Å². The number of aryl methyl sites for hydroxylation is 1. The van der Waals surface area contributed by atoms with Crippen LogP contribution in [0, 0.1) is 18.3 Å². The molecule has 0 aliphatic carbocycles. The van der Waals surface area contributed by atoms with Gasteiger partial charge >= 0.3 is 0 Å². The standard InChI is InChI=1S/C18H12ClN3O2S/c1-8-11(7-20)17(24)22-15-14-10(9-4-2-3-5-12(9)19)6-13(23)21-18(14)25-16(8)15/h2-5,10H,6H2,1H3,(H,21,23)(H,22,24). The number of benzene rings is 1. The Morgan fingerprint density at radius 3 is 2.80 bits per heavy atom. The number of anilines is 1. The summed E-state index contributed by atoms with van der Waals surface area (Å²) in [5, 5.41) is 13.4. The van der Waals surface area contributed by atoms with Crippen molar-refractivity contribution in [2.24, 2.45) is 0 Å². The highest BCUT2D eigenvalue weighted by atomic mass is 35.5. The van der Waals surface area contributed by atoms with Crippen LogP contribution in [0.25, 0.3) is 10.2 Å². The zero-order chi connectivity index (χ0) is 17.7. The summed E-state index contributed by atoms with van der Waals surface area (Å²) in [5.41, 5.74) is 2.70. The number of nitrogens with one attached hydrogen (secondary N) is 2. The predicted octanol–water partition coefficient (Wildman–Crippen LogP) is 3.90. The van der Waals surface area contributed by atoms with E-state index in [1.54, 1.807) is 13.0 Å². The van der Waals surface area contributed by atoms with Gasteiger partial charge in [-0.25, -0.2) is 0 Å². The number of aromatic nitrogens is 1. The van der Waals surface area contributed by atoms with Gasteiger partial charge in [0, 0.05) is 22.9 Å². The molecule has 3 aromatic rings. The Labute approximate surface area is 151 Å². The molecular weight excluding hydrogens is 358 g/mol. The van der Waals surface area contributed by atoms with Crippen molar-refractivity contribution < 1.29 is 4.79 Å². The molecule has 124 valence electrons.